The van der Waals surface area contributed by atoms with Crippen molar-refractivity contribution >= 4 is 5.78 Å². The maximum atomic E-state index is 11.3. The van der Waals surface area contributed by atoms with E-state index in [1.165, 1.54) is 0 Å². The van der Waals surface area contributed by atoms with E-state index >= 15 is 0 Å². The third-order valence-corrected chi connectivity index (χ3v) is 3.13. The molecule has 0 saturated heterocycles. The van der Waals surface area contributed by atoms with Gasteiger partial charge in [-0.15, -0.1) is 0 Å². The van der Waals surface area contributed by atoms with Gasteiger partial charge in [-0.25, -0.2) is 4.68 Å². The number of carbonyl (C=O) groups is 1. The van der Waals surface area contributed by atoms with Crippen LogP contribution in [0.1, 0.15) is 17.3 Å². The lowest BCUT2D eigenvalue weighted by molar-refractivity contribution is 0.101. The Morgan fingerprint density at radius 2 is 1.70 bits per heavy atom. The van der Waals surface area contributed by atoms with E-state index in [0.717, 1.165) is 16.8 Å². The van der Waals surface area contributed by atoms with E-state index in [1.807, 2.05) is 48.8 Å². The number of carbonyl (C=O) groups excluding carboxylic acids is 1. The monoisotopic (exact) mass is 263 g/mol. The zero-order valence-electron chi connectivity index (χ0n) is 11.0. The van der Waals surface area contributed by atoms with E-state index < -0.39 is 0 Å². The van der Waals surface area contributed by atoms with Crippen molar-refractivity contribution in [3.8, 4) is 16.8 Å². The molecule has 0 atom stereocenters. The third-order valence-electron chi connectivity index (χ3n) is 3.13. The molecule has 2 aromatic heterocycles. The van der Waals surface area contributed by atoms with Crippen molar-refractivity contribution in [3.05, 3.63) is 66.7 Å². The molecule has 20 heavy (non-hydrogen) atoms. The smallest absolute Gasteiger partial charge is 0.159 e. The second kappa shape index (κ2) is 5.09. The lowest BCUT2D eigenvalue weighted by atomic mass is 10.1. The van der Waals surface area contributed by atoms with Gasteiger partial charge in [0.05, 0.1) is 11.9 Å². The molecule has 1 aromatic carbocycles. The van der Waals surface area contributed by atoms with Gasteiger partial charge in [-0.05, 0) is 48.9 Å². The van der Waals surface area contributed by atoms with Crippen molar-refractivity contribution in [2.45, 2.75) is 6.92 Å². The highest BCUT2D eigenvalue weighted by Crippen LogP contribution is 2.19. The summed E-state index contributed by atoms with van der Waals surface area (Å²) in [4.78, 5) is 15.3. The maximum Gasteiger partial charge on any atom is 0.159 e. The summed E-state index contributed by atoms with van der Waals surface area (Å²) < 4.78 is 1.79. The van der Waals surface area contributed by atoms with Crippen LogP contribution < -0.4 is 0 Å². The highest BCUT2D eigenvalue weighted by molar-refractivity contribution is 5.94. The van der Waals surface area contributed by atoms with E-state index in [4.69, 9.17) is 0 Å². The zero-order valence-corrected chi connectivity index (χ0v) is 11.0. The Balaban J connectivity index is 1.92. The lowest BCUT2D eigenvalue weighted by Crippen LogP contribution is -1.96. The van der Waals surface area contributed by atoms with Crippen LogP contribution in [0.5, 0.6) is 0 Å². The summed E-state index contributed by atoms with van der Waals surface area (Å²) in [5.74, 6) is 0.0643. The molecule has 4 nitrogen and oxygen atoms in total. The number of Topliss-reactive ketones (excluding diaryl/α,β-unsaturated/α-hetero) is 1. The van der Waals surface area contributed by atoms with Crippen LogP contribution in [-0.2, 0) is 0 Å². The predicted molar refractivity (Wildman–Crippen MR) is 76.8 cm³/mol. The highest BCUT2D eigenvalue weighted by atomic mass is 16.1. The van der Waals surface area contributed by atoms with Gasteiger partial charge in [-0.2, -0.15) is 5.10 Å². The van der Waals surface area contributed by atoms with Gasteiger partial charge >= 0.3 is 0 Å². The van der Waals surface area contributed by atoms with Gasteiger partial charge in [-0.3, -0.25) is 9.78 Å². The van der Waals surface area contributed by atoms with Crippen LogP contribution in [0.25, 0.3) is 16.8 Å². The second-order valence-electron chi connectivity index (χ2n) is 4.51. The molecule has 0 bridgehead atoms. The van der Waals surface area contributed by atoms with Crippen LogP contribution in [0.2, 0.25) is 0 Å². The van der Waals surface area contributed by atoms with Crippen LogP contribution in [0.15, 0.2) is 61.2 Å². The number of nitrogens with zero attached hydrogens (tertiary/aromatic N) is 3. The normalized spacial score (nSPS) is 10.4. The van der Waals surface area contributed by atoms with E-state index in [2.05, 4.69) is 10.1 Å². The second-order valence-corrected chi connectivity index (χ2v) is 4.51. The largest absolute Gasteiger partial charge is 0.295 e. The molecule has 0 unspecified atom stereocenters. The molecule has 0 amide bonds. The van der Waals surface area contributed by atoms with Crippen LogP contribution in [-0.4, -0.2) is 20.5 Å². The predicted octanol–water partition coefficient (Wildman–Crippen LogP) is 3.14. The first-order valence-corrected chi connectivity index (χ1v) is 6.30. The Morgan fingerprint density at radius 3 is 2.35 bits per heavy atom. The van der Waals surface area contributed by atoms with Crippen molar-refractivity contribution < 1.29 is 4.79 Å². The van der Waals surface area contributed by atoms with Gasteiger partial charge in [0, 0.05) is 29.7 Å². The summed E-state index contributed by atoms with van der Waals surface area (Å²) in [6.45, 7) is 1.56. The highest BCUT2D eigenvalue weighted by Gasteiger charge is 2.04. The van der Waals surface area contributed by atoms with Crippen LogP contribution in [0, 0.1) is 0 Å². The standard InChI is InChI=1S/C16H13N3O/c1-12(20)13-2-4-16(5-3-13)19-11-15(10-18-19)14-6-8-17-9-7-14/h2-11H,1H3. The third kappa shape index (κ3) is 2.36. The molecule has 0 fully saturated rings. The summed E-state index contributed by atoms with van der Waals surface area (Å²) in [5, 5.41) is 4.35. The first kappa shape index (κ1) is 12.3. The Morgan fingerprint density at radius 1 is 1.00 bits per heavy atom. The molecule has 0 spiro atoms. The molecule has 0 radical (unpaired) electrons. The SMILES string of the molecule is CC(=O)c1ccc(-n2cc(-c3ccncc3)cn2)cc1. The van der Waals surface area contributed by atoms with Crippen molar-refractivity contribution in [3.63, 3.8) is 0 Å². The van der Waals surface area contributed by atoms with Gasteiger partial charge in [0.15, 0.2) is 5.78 Å². The molecule has 0 aliphatic rings. The number of aromatic nitrogens is 3. The van der Waals surface area contributed by atoms with Crippen molar-refractivity contribution in [1.82, 2.24) is 14.8 Å². The van der Waals surface area contributed by atoms with Gasteiger partial charge in [0.2, 0.25) is 0 Å². The van der Waals surface area contributed by atoms with E-state index in [1.54, 1.807) is 24.0 Å². The Labute approximate surface area is 116 Å². The minimum Gasteiger partial charge on any atom is -0.295 e. The Bertz CT molecular complexity index is 730. The number of benzene rings is 1. The molecule has 2 heterocycles. The Hall–Kier alpha value is -2.75. The average molecular weight is 263 g/mol. The van der Waals surface area contributed by atoms with Gasteiger partial charge < -0.3 is 0 Å². The van der Waals surface area contributed by atoms with E-state index in [9.17, 15) is 4.79 Å². The zero-order chi connectivity index (χ0) is 13.9. The number of rotatable bonds is 3. The van der Waals surface area contributed by atoms with Crippen LogP contribution >= 0.6 is 0 Å². The summed E-state index contributed by atoms with van der Waals surface area (Å²) >= 11 is 0. The molecule has 4 heteroatoms. The number of ketones is 1. The fourth-order valence-corrected chi connectivity index (χ4v) is 2.01. The molecule has 0 aliphatic carbocycles. The molecule has 3 rings (SSSR count). The van der Waals surface area contributed by atoms with Crippen molar-refractivity contribution in [2.24, 2.45) is 0 Å². The van der Waals surface area contributed by atoms with Crippen LogP contribution in [0.4, 0.5) is 0 Å². The average Bonchev–Trinajstić information content (AvgIpc) is 2.98. The number of hydrogen-bond acceptors (Lipinski definition) is 3. The van der Waals surface area contributed by atoms with Gasteiger partial charge in [-0.1, -0.05) is 0 Å². The number of hydrogen-bond donors (Lipinski definition) is 0. The van der Waals surface area contributed by atoms with E-state index in [-0.39, 0.29) is 5.78 Å². The summed E-state index contributed by atoms with van der Waals surface area (Å²) in [5.41, 5.74) is 3.74. The molecule has 0 N–H and O–H groups in total. The van der Waals surface area contributed by atoms with Crippen LogP contribution in [0.3, 0.4) is 0 Å². The minimum atomic E-state index is 0.0643. The molecule has 3 aromatic rings. The van der Waals surface area contributed by atoms with Gasteiger partial charge in [0.1, 0.15) is 0 Å². The fraction of sp³-hybridized carbons (Fsp3) is 0.0625. The number of pyridine rings is 1. The van der Waals surface area contributed by atoms with Crippen molar-refractivity contribution in [1.29, 1.82) is 0 Å². The topological polar surface area (TPSA) is 47.8 Å². The Kier molecular flexibility index (Phi) is 3.13. The minimum absolute atomic E-state index is 0.0643. The van der Waals surface area contributed by atoms with E-state index in [0.29, 0.717) is 5.56 Å². The first-order chi connectivity index (χ1) is 9.74. The summed E-state index contributed by atoms with van der Waals surface area (Å²) in [6, 6.07) is 11.3. The molecular formula is C16H13N3O. The maximum absolute atomic E-state index is 11.3. The fourth-order valence-electron chi connectivity index (χ4n) is 2.01. The quantitative estimate of drug-likeness (QED) is 0.682. The van der Waals surface area contributed by atoms with Gasteiger partial charge in [0.25, 0.3) is 0 Å². The molecule has 0 aliphatic heterocycles. The summed E-state index contributed by atoms with van der Waals surface area (Å²) in [6.07, 6.45) is 7.29. The van der Waals surface area contributed by atoms with Crippen molar-refractivity contribution in [2.75, 3.05) is 0 Å². The lowest BCUT2D eigenvalue weighted by Gasteiger charge is -2.02. The molecular weight excluding hydrogens is 250 g/mol. The molecule has 0 saturated carbocycles. The summed E-state index contributed by atoms with van der Waals surface area (Å²) in [7, 11) is 0. The molecule has 98 valence electrons. The first-order valence-electron chi connectivity index (χ1n) is 6.30.